The highest BCUT2D eigenvalue weighted by atomic mass is 14.7. The van der Waals surface area contributed by atoms with E-state index in [1.807, 2.05) is 13.0 Å². The molecule has 0 aliphatic heterocycles. The predicted molar refractivity (Wildman–Crippen MR) is 84.7 cm³/mol. The Morgan fingerprint density at radius 2 is 1.75 bits per heavy atom. The molecule has 20 heavy (non-hydrogen) atoms. The summed E-state index contributed by atoms with van der Waals surface area (Å²) in [5, 5.41) is 1.12. The summed E-state index contributed by atoms with van der Waals surface area (Å²) in [7, 11) is 0. The summed E-state index contributed by atoms with van der Waals surface area (Å²) < 4.78 is 0. The Kier molecular flexibility index (Phi) is 3.38. The van der Waals surface area contributed by atoms with Crippen LogP contribution in [0.25, 0.3) is 10.9 Å². The van der Waals surface area contributed by atoms with Crippen molar-refractivity contribution in [3.05, 3.63) is 71.4 Å². The second kappa shape index (κ2) is 5.33. The molecule has 2 nitrogen and oxygen atoms in total. The summed E-state index contributed by atoms with van der Waals surface area (Å²) in [6.07, 6.45) is 2.03. The second-order valence-electron chi connectivity index (χ2n) is 5.14. The van der Waals surface area contributed by atoms with E-state index in [2.05, 4.69) is 53.5 Å². The van der Waals surface area contributed by atoms with Gasteiger partial charge in [0.15, 0.2) is 0 Å². The zero-order valence-corrected chi connectivity index (χ0v) is 11.6. The fraction of sp³-hybridized carbons (Fsp3) is 0.167. The van der Waals surface area contributed by atoms with Gasteiger partial charge < -0.3 is 5.73 Å². The molecule has 0 saturated carbocycles. The van der Waals surface area contributed by atoms with Crippen LogP contribution in [0.3, 0.4) is 0 Å². The number of fused-ring (bicyclic) bond motifs is 1. The van der Waals surface area contributed by atoms with Crippen molar-refractivity contribution >= 4 is 16.6 Å². The molecule has 1 heterocycles. The zero-order chi connectivity index (χ0) is 13.9. The number of nitrogens with zero attached hydrogens (tertiary/aromatic N) is 1. The zero-order valence-electron chi connectivity index (χ0n) is 11.6. The van der Waals surface area contributed by atoms with Gasteiger partial charge in [-0.3, -0.25) is 4.98 Å². The molecule has 0 atom stereocenters. The lowest BCUT2D eigenvalue weighted by atomic mass is 10.0. The van der Waals surface area contributed by atoms with Crippen LogP contribution in [0.15, 0.2) is 54.6 Å². The van der Waals surface area contributed by atoms with Crippen LogP contribution in [0.4, 0.5) is 5.69 Å². The summed E-state index contributed by atoms with van der Waals surface area (Å²) in [4.78, 5) is 4.66. The van der Waals surface area contributed by atoms with E-state index in [9.17, 15) is 0 Å². The van der Waals surface area contributed by atoms with E-state index in [1.165, 1.54) is 11.1 Å². The molecule has 0 aliphatic carbocycles. The monoisotopic (exact) mass is 262 g/mol. The maximum absolute atomic E-state index is 5.94. The van der Waals surface area contributed by atoms with E-state index in [-0.39, 0.29) is 0 Å². The number of nitrogens with two attached hydrogens (primary N) is 1. The van der Waals surface area contributed by atoms with Crippen LogP contribution in [0, 0.1) is 6.92 Å². The fourth-order valence-corrected chi connectivity index (χ4v) is 2.49. The third-order valence-corrected chi connectivity index (χ3v) is 3.68. The number of anilines is 1. The van der Waals surface area contributed by atoms with E-state index in [1.54, 1.807) is 0 Å². The lowest BCUT2D eigenvalue weighted by molar-refractivity contribution is 0.964. The minimum atomic E-state index is 0.762. The Bertz CT molecular complexity index is 733. The van der Waals surface area contributed by atoms with Crippen LogP contribution >= 0.6 is 0 Å². The van der Waals surface area contributed by atoms with Crippen molar-refractivity contribution in [2.75, 3.05) is 5.73 Å². The molecule has 2 heteroatoms. The SMILES string of the molecule is Cc1nc2c(CCc3ccccc3)cccc2cc1N. The standard InChI is InChI=1S/C18H18N2/c1-13-17(19)12-16-9-5-8-15(18(16)20-13)11-10-14-6-3-2-4-7-14/h2-9,12H,10-11,19H2,1H3. The second-order valence-corrected chi connectivity index (χ2v) is 5.14. The third-order valence-electron chi connectivity index (χ3n) is 3.68. The van der Waals surface area contributed by atoms with Crippen LogP contribution in [0.2, 0.25) is 0 Å². The molecule has 0 radical (unpaired) electrons. The van der Waals surface area contributed by atoms with Crippen molar-refractivity contribution in [2.45, 2.75) is 19.8 Å². The Balaban J connectivity index is 1.93. The normalized spacial score (nSPS) is 10.8. The summed E-state index contributed by atoms with van der Waals surface area (Å²) in [6, 6.07) is 18.9. The first-order chi connectivity index (χ1) is 9.74. The Morgan fingerprint density at radius 1 is 0.950 bits per heavy atom. The average Bonchev–Trinajstić information content (AvgIpc) is 2.47. The van der Waals surface area contributed by atoms with Crippen molar-refractivity contribution in [3.63, 3.8) is 0 Å². The number of nitrogen functional groups attached to an aromatic ring is 1. The Labute approximate surface area is 119 Å². The van der Waals surface area contributed by atoms with E-state index in [0.717, 1.165) is 35.1 Å². The van der Waals surface area contributed by atoms with E-state index in [0.29, 0.717) is 0 Å². The molecule has 0 unspecified atom stereocenters. The number of hydrogen-bond donors (Lipinski definition) is 1. The summed E-state index contributed by atoms with van der Waals surface area (Å²) in [5.74, 6) is 0. The number of hydrogen-bond acceptors (Lipinski definition) is 2. The number of benzene rings is 2. The Hall–Kier alpha value is -2.35. The molecule has 0 fully saturated rings. The highest BCUT2D eigenvalue weighted by molar-refractivity contribution is 5.85. The number of aromatic nitrogens is 1. The number of pyridine rings is 1. The van der Waals surface area contributed by atoms with E-state index < -0.39 is 0 Å². The first kappa shape index (κ1) is 12.7. The Morgan fingerprint density at radius 3 is 2.55 bits per heavy atom. The maximum atomic E-state index is 5.94. The molecule has 0 bridgehead atoms. The highest BCUT2D eigenvalue weighted by Gasteiger charge is 2.05. The van der Waals surface area contributed by atoms with Gasteiger partial charge in [-0.15, -0.1) is 0 Å². The van der Waals surface area contributed by atoms with Gasteiger partial charge in [0.05, 0.1) is 16.9 Å². The summed E-state index contributed by atoms with van der Waals surface area (Å²) >= 11 is 0. The number of rotatable bonds is 3. The largest absolute Gasteiger partial charge is 0.397 e. The lowest BCUT2D eigenvalue weighted by Gasteiger charge is -2.08. The smallest absolute Gasteiger partial charge is 0.0738 e. The number of para-hydroxylation sites is 1. The quantitative estimate of drug-likeness (QED) is 0.777. The summed E-state index contributed by atoms with van der Waals surface area (Å²) in [6.45, 7) is 1.96. The third kappa shape index (κ3) is 2.50. The van der Waals surface area contributed by atoms with Gasteiger partial charge in [-0.2, -0.15) is 0 Å². The molecular formula is C18H18N2. The molecule has 2 aromatic carbocycles. The van der Waals surface area contributed by atoms with Gasteiger partial charge in [0.1, 0.15) is 0 Å². The average molecular weight is 262 g/mol. The van der Waals surface area contributed by atoms with Crippen molar-refractivity contribution in [1.29, 1.82) is 0 Å². The van der Waals surface area contributed by atoms with Crippen molar-refractivity contribution in [2.24, 2.45) is 0 Å². The molecule has 3 aromatic rings. The summed E-state index contributed by atoms with van der Waals surface area (Å²) in [5.41, 5.74) is 11.3. The first-order valence-electron chi connectivity index (χ1n) is 6.93. The van der Waals surface area contributed by atoms with Crippen molar-refractivity contribution < 1.29 is 0 Å². The van der Waals surface area contributed by atoms with E-state index >= 15 is 0 Å². The molecule has 0 spiro atoms. The molecule has 0 amide bonds. The van der Waals surface area contributed by atoms with Gasteiger partial charge in [-0.05, 0) is 37.0 Å². The lowest BCUT2D eigenvalue weighted by Crippen LogP contribution is -1.98. The van der Waals surface area contributed by atoms with Crippen LogP contribution < -0.4 is 5.73 Å². The van der Waals surface area contributed by atoms with Crippen LogP contribution in [0.5, 0.6) is 0 Å². The molecule has 2 N–H and O–H groups in total. The van der Waals surface area contributed by atoms with Gasteiger partial charge in [-0.1, -0.05) is 48.5 Å². The highest BCUT2D eigenvalue weighted by Crippen LogP contribution is 2.22. The molecule has 1 aromatic heterocycles. The minimum absolute atomic E-state index is 0.762. The van der Waals surface area contributed by atoms with Gasteiger partial charge in [-0.25, -0.2) is 0 Å². The molecule has 0 saturated heterocycles. The van der Waals surface area contributed by atoms with Gasteiger partial charge in [0, 0.05) is 5.39 Å². The minimum Gasteiger partial charge on any atom is -0.397 e. The van der Waals surface area contributed by atoms with Gasteiger partial charge in [0.25, 0.3) is 0 Å². The molecule has 3 rings (SSSR count). The van der Waals surface area contributed by atoms with Crippen molar-refractivity contribution in [3.8, 4) is 0 Å². The van der Waals surface area contributed by atoms with Gasteiger partial charge >= 0.3 is 0 Å². The maximum Gasteiger partial charge on any atom is 0.0738 e. The predicted octanol–water partition coefficient (Wildman–Crippen LogP) is 3.91. The topological polar surface area (TPSA) is 38.9 Å². The van der Waals surface area contributed by atoms with E-state index in [4.69, 9.17) is 5.73 Å². The molecule has 0 aliphatic rings. The van der Waals surface area contributed by atoms with Gasteiger partial charge in [0.2, 0.25) is 0 Å². The van der Waals surface area contributed by atoms with Crippen LogP contribution in [-0.2, 0) is 12.8 Å². The van der Waals surface area contributed by atoms with Crippen molar-refractivity contribution in [1.82, 2.24) is 4.98 Å². The number of aryl methyl sites for hydroxylation is 3. The molecular weight excluding hydrogens is 244 g/mol. The molecule has 100 valence electrons. The first-order valence-corrected chi connectivity index (χ1v) is 6.93. The van der Waals surface area contributed by atoms with Crippen LogP contribution in [-0.4, -0.2) is 4.98 Å². The van der Waals surface area contributed by atoms with Crippen LogP contribution in [0.1, 0.15) is 16.8 Å². The fourth-order valence-electron chi connectivity index (χ4n) is 2.49.